The van der Waals surface area contributed by atoms with Crippen LogP contribution in [-0.2, 0) is 11.2 Å². The molecule has 0 saturated heterocycles. The van der Waals surface area contributed by atoms with Crippen LogP contribution in [0.1, 0.15) is 12.5 Å². The summed E-state index contributed by atoms with van der Waals surface area (Å²) >= 11 is 0. The van der Waals surface area contributed by atoms with Crippen LogP contribution < -0.4 is 10.6 Å². The molecule has 0 radical (unpaired) electrons. The third kappa shape index (κ3) is 4.09. The van der Waals surface area contributed by atoms with Gasteiger partial charge in [0.25, 0.3) is 0 Å². The SMILES string of the molecule is CCc1cccc(NC(=O)CNc2cccc(F)c2)c1. The smallest absolute Gasteiger partial charge is 0.243 e. The quantitative estimate of drug-likeness (QED) is 0.875. The Bertz CT molecular complexity index is 599. The van der Waals surface area contributed by atoms with Gasteiger partial charge in [0.1, 0.15) is 5.82 Å². The van der Waals surface area contributed by atoms with Crippen LogP contribution in [0.2, 0.25) is 0 Å². The van der Waals surface area contributed by atoms with Gasteiger partial charge in [-0.3, -0.25) is 4.79 Å². The second kappa shape index (κ2) is 6.70. The molecule has 0 aliphatic rings. The number of carbonyl (C=O) groups is 1. The Kier molecular flexibility index (Phi) is 4.71. The maximum Gasteiger partial charge on any atom is 0.243 e. The molecule has 0 heterocycles. The van der Waals surface area contributed by atoms with Gasteiger partial charge in [-0.25, -0.2) is 4.39 Å². The van der Waals surface area contributed by atoms with Gasteiger partial charge in [-0.2, -0.15) is 0 Å². The van der Waals surface area contributed by atoms with Crippen molar-refractivity contribution in [2.75, 3.05) is 17.2 Å². The Morgan fingerprint density at radius 1 is 1.10 bits per heavy atom. The highest BCUT2D eigenvalue weighted by atomic mass is 19.1. The summed E-state index contributed by atoms with van der Waals surface area (Å²) in [5.41, 5.74) is 2.53. The predicted octanol–water partition coefficient (Wildman–Crippen LogP) is 3.44. The van der Waals surface area contributed by atoms with Gasteiger partial charge < -0.3 is 10.6 Å². The molecule has 0 spiro atoms. The highest BCUT2D eigenvalue weighted by molar-refractivity contribution is 5.93. The first-order chi connectivity index (χ1) is 9.67. The maximum absolute atomic E-state index is 13.0. The molecule has 0 unspecified atom stereocenters. The van der Waals surface area contributed by atoms with Crippen LogP contribution in [-0.4, -0.2) is 12.5 Å². The lowest BCUT2D eigenvalue weighted by atomic mass is 10.1. The number of anilines is 2. The van der Waals surface area contributed by atoms with E-state index in [0.717, 1.165) is 12.1 Å². The van der Waals surface area contributed by atoms with Crippen LogP contribution in [0, 0.1) is 5.82 Å². The number of hydrogen-bond donors (Lipinski definition) is 2. The fourth-order valence-corrected chi connectivity index (χ4v) is 1.85. The van der Waals surface area contributed by atoms with E-state index in [1.54, 1.807) is 12.1 Å². The number of nitrogens with one attached hydrogen (secondary N) is 2. The molecule has 0 bridgehead atoms. The molecular weight excluding hydrogens is 255 g/mol. The van der Waals surface area contributed by atoms with Crippen molar-refractivity contribution in [2.45, 2.75) is 13.3 Å². The van der Waals surface area contributed by atoms with E-state index in [4.69, 9.17) is 0 Å². The first kappa shape index (κ1) is 14.1. The van der Waals surface area contributed by atoms with E-state index >= 15 is 0 Å². The molecule has 0 fully saturated rings. The van der Waals surface area contributed by atoms with Crippen molar-refractivity contribution < 1.29 is 9.18 Å². The molecule has 0 atom stereocenters. The molecule has 0 saturated carbocycles. The molecule has 2 aromatic carbocycles. The van der Waals surface area contributed by atoms with Gasteiger partial charge in [-0.15, -0.1) is 0 Å². The van der Waals surface area contributed by atoms with Crippen molar-refractivity contribution in [3.8, 4) is 0 Å². The minimum atomic E-state index is -0.328. The lowest BCUT2D eigenvalue weighted by Crippen LogP contribution is -2.21. The van der Waals surface area contributed by atoms with E-state index in [1.807, 2.05) is 24.3 Å². The fraction of sp³-hybridized carbons (Fsp3) is 0.188. The second-order valence-corrected chi connectivity index (χ2v) is 4.47. The summed E-state index contributed by atoms with van der Waals surface area (Å²) in [6.45, 7) is 2.16. The maximum atomic E-state index is 13.0. The van der Waals surface area contributed by atoms with Crippen molar-refractivity contribution in [1.82, 2.24) is 0 Å². The average Bonchev–Trinajstić information content (AvgIpc) is 2.45. The molecule has 4 heteroatoms. The molecular formula is C16H17FN2O. The third-order valence-electron chi connectivity index (χ3n) is 2.90. The normalized spacial score (nSPS) is 10.1. The van der Waals surface area contributed by atoms with Crippen LogP contribution in [0.15, 0.2) is 48.5 Å². The topological polar surface area (TPSA) is 41.1 Å². The molecule has 3 nitrogen and oxygen atoms in total. The minimum Gasteiger partial charge on any atom is -0.376 e. The van der Waals surface area contributed by atoms with Gasteiger partial charge in [-0.05, 0) is 42.3 Å². The fourth-order valence-electron chi connectivity index (χ4n) is 1.85. The van der Waals surface area contributed by atoms with Crippen LogP contribution in [0.3, 0.4) is 0 Å². The second-order valence-electron chi connectivity index (χ2n) is 4.47. The zero-order valence-electron chi connectivity index (χ0n) is 11.3. The first-order valence-electron chi connectivity index (χ1n) is 6.55. The largest absolute Gasteiger partial charge is 0.376 e. The lowest BCUT2D eigenvalue weighted by molar-refractivity contribution is -0.114. The number of rotatable bonds is 5. The molecule has 2 rings (SSSR count). The standard InChI is InChI=1S/C16H17FN2O/c1-2-12-5-3-8-15(9-12)19-16(20)11-18-14-7-4-6-13(17)10-14/h3-10,18H,2,11H2,1H3,(H,19,20). The van der Waals surface area contributed by atoms with Gasteiger partial charge >= 0.3 is 0 Å². The molecule has 0 aliphatic heterocycles. The number of amides is 1. The van der Waals surface area contributed by atoms with Crippen LogP contribution >= 0.6 is 0 Å². The van der Waals surface area contributed by atoms with Crippen molar-refractivity contribution in [3.63, 3.8) is 0 Å². The summed E-state index contributed by atoms with van der Waals surface area (Å²) in [5, 5.41) is 5.69. The highest BCUT2D eigenvalue weighted by Crippen LogP contribution is 2.12. The molecule has 0 aromatic heterocycles. The molecule has 2 aromatic rings. The van der Waals surface area contributed by atoms with E-state index in [9.17, 15) is 9.18 Å². The molecule has 1 amide bonds. The van der Waals surface area contributed by atoms with E-state index in [-0.39, 0.29) is 18.3 Å². The lowest BCUT2D eigenvalue weighted by Gasteiger charge is -2.08. The Labute approximate surface area is 117 Å². The summed E-state index contributed by atoms with van der Waals surface area (Å²) in [6, 6.07) is 13.7. The Hall–Kier alpha value is -2.36. The van der Waals surface area contributed by atoms with Gasteiger partial charge in [0.05, 0.1) is 6.54 Å². The van der Waals surface area contributed by atoms with Crippen LogP contribution in [0.4, 0.5) is 15.8 Å². The van der Waals surface area contributed by atoms with Gasteiger partial charge in [-0.1, -0.05) is 25.1 Å². The first-order valence-corrected chi connectivity index (χ1v) is 6.55. The van der Waals surface area contributed by atoms with Crippen molar-refractivity contribution in [3.05, 3.63) is 59.9 Å². The molecule has 20 heavy (non-hydrogen) atoms. The molecule has 2 N–H and O–H groups in total. The van der Waals surface area contributed by atoms with Crippen molar-refractivity contribution in [1.29, 1.82) is 0 Å². The predicted molar refractivity (Wildman–Crippen MR) is 79.3 cm³/mol. The number of hydrogen-bond acceptors (Lipinski definition) is 2. The average molecular weight is 272 g/mol. The van der Waals surface area contributed by atoms with E-state index in [1.165, 1.54) is 17.7 Å². The third-order valence-corrected chi connectivity index (χ3v) is 2.90. The van der Waals surface area contributed by atoms with Gasteiger partial charge in [0.15, 0.2) is 0 Å². The molecule has 104 valence electrons. The number of halogens is 1. The monoisotopic (exact) mass is 272 g/mol. The summed E-state index contributed by atoms with van der Waals surface area (Å²) in [6.07, 6.45) is 0.922. The number of aryl methyl sites for hydroxylation is 1. The Morgan fingerprint density at radius 2 is 1.85 bits per heavy atom. The van der Waals surface area contributed by atoms with Crippen LogP contribution in [0.5, 0.6) is 0 Å². The Balaban J connectivity index is 1.89. The zero-order valence-corrected chi connectivity index (χ0v) is 11.3. The van der Waals surface area contributed by atoms with E-state index < -0.39 is 0 Å². The summed E-state index contributed by atoms with van der Waals surface area (Å²) < 4.78 is 13.0. The van der Waals surface area contributed by atoms with E-state index in [2.05, 4.69) is 17.6 Å². The van der Waals surface area contributed by atoms with Crippen molar-refractivity contribution >= 4 is 17.3 Å². The van der Waals surface area contributed by atoms with Crippen molar-refractivity contribution in [2.24, 2.45) is 0 Å². The van der Waals surface area contributed by atoms with E-state index in [0.29, 0.717) is 5.69 Å². The summed E-state index contributed by atoms with van der Waals surface area (Å²) in [7, 11) is 0. The van der Waals surface area contributed by atoms with Gasteiger partial charge in [0, 0.05) is 11.4 Å². The van der Waals surface area contributed by atoms with Gasteiger partial charge in [0.2, 0.25) is 5.91 Å². The molecule has 0 aliphatic carbocycles. The zero-order chi connectivity index (χ0) is 14.4. The Morgan fingerprint density at radius 3 is 2.60 bits per heavy atom. The summed E-state index contributed by atoms with van der Waals surface area (Å²) in [5.74, 6) is -0.492. The summed E-state index contributed by atoms with van der Waals surface area (Å²) in [4.78, 5) is 11.8. The van der Waals surface area contributed by atoms with Crippen LogP contribution in [0.25, 0.3) is 0 Å². The minimum absolute atomic E-state index is 0.0970. The highest BCUT2D eigenvalue weighted by Gasteiger charge is 2.03. The number of carbonyl (C=O) groups excluding carboxylic acids is 1. The number of benzene rings is 2.